The molecule has 0 saturated heterocycles. The van der Waals surface area contributed by atoms with Gasteiger partial charge in [0.2, 0.25) is 0 Å². The molecule has 2 N–H and O–H groups in total. The van der Waals surface area contributed by atoms with E-state index in [0.717, 1.165) is 0 Å². The third-order valence-electron chi connectivity index (χ3n) is 1.17. The topological polar surface area (TPSA) is 43.1 Å². The zero-order valence-electron chi connectivity index (χ0n) is 7.29. The molecule has 0 bridgehead atoms. The third-order valence-corrected chi connectivity index (χ3v) is 1.17. The lowest BCUT2D eigenvalue weighted by Gasteiger charge is -1.95. The summed E-state index contributed by atoms with van der Waals surface area (Å²) in [6.07, 6.45) is 3.46. The molecule has 0 amide bonds. The van der Waals surface area contributed by atoms with Gasteiger partial charge in [-0.15, -0.1) is 5.73 Å². The summed E-state index contributed by atoms with van der Waals surface area (Å²) < 4.78 is 0. The maximum Gasteiger partial charge on any atom is 0.151 e. The van der Waals surface area contributed by atoms with Crippen LogP contribution < -0.4 is 5.73 Å². The minimum Gasteiger partial charge on any atom is -0.318 e. The van der Waals surface area contributed by atoms with E-state index in [1.807, 2.05) is 19.9 Å². The maximum absolute atomic E-state index is 10.6. The molecule has 2 heteroatoms. The monoisotopic (exact) mass is 153 g/mol. The molecule has 0 aromatic rings. The van der Waals surface area contributed by atoms with Gasteiger partial charge in [-0.2, -0.15) is 0 Å². The molecule has 0 aliphatic heterocycles. The van der Waals surface area contributed by atoms with Crippen LogP contribution in [0.5, 0.6) is 0 Å². The Kier molecular flexibility index (Phi) is 4.51. The Hall–Kier alpha value is -0.850. The number of Topliss-reactive ketones (excluding diaryl/α,β-unsaturated/α-hetero) is 1. The normalized spacial score (nSPS) is 12.1. The molecule has 2 nitrogen and oxygen atoms in total. The van der Waals surface area contributed by atoms with Crippen molar-refractivity contribution < 1.29 is 4.79 Å². The van der Waals surface area contributed by atoms with Gasteiger partial charge in [-0.05, 0) is 25.0 Å². The van der Waals surface area contributed by atoms with Crippen LogP contribution in [-0.2, 0) is 4.79 Å². The number of rotatable bonds is 3. The molecule has 0 aromatic heterocycles. The number of carbonyl (C=O) groups excluding carboxylic acids is 1. The summed E-state index contributed by atoms with van der Waals surface area (Å²) in [4.78, 5) is 10.6. The largest absolute Gasteiger partial charge is 0.318 e. The first-order valence-electron chi connectivity index (χ1n) is 3.72. The molecule has 1 atom stereocenters. The Morgan fingerprint density at radius 1 is 1.45 bits per heavy atom. The quantitative estimate of drug-likeness (QED) is 0.620. The van der Waals surface area contributed by atoms with Crippen molar-refractivity contribution in [2.75, 3.05) is 0 Å². The molecule has 0 fully saturated rings. The van der Waals surface area contributed by atoms with Crippen molar-refractivity contribution in [3.8, 4) is 0 Å². The molecule has 0 unspecified atom stereocenters. The third kappa shape index (κ3) is 5.59. The van der Waals surface area contributed by atoms with Crippen LogP contribution in [-0.4, -0.2) is 11.8 Å². The molecular weight excluding hydrogens is 138 g/mol. The van der Waals surface area contributed by atoms with Crippen molar-refractivity contribution in [2.45, 2.75) is 26.8 Å². The minimum absolute atomic E-state index is 0.0327. The highest BCUT2D eigenvalue weighted by Crippen LogP contribution is 1.91. The molecule has 62 valence electrons. The lowest BCUT2D eigenvalue weighted by atomic mass is 10.2. The van der Waals surface area contributed by atoms with Crippen molar-refractivity contribution in [1.29, 1.82) is 0 Å². The molecule has 0 aliphatic rings. The summed E-state index contributed by atoms with van der Waals surface area (Å²) >= 11 is 0. The Morgan fingerprint density at radius 3 is 2.36 bits per heavy atom. The van der Waals surface area contributed by atoms with E-state index in [-0.39, 0.29) is 5.78 Å². The predicted molar refractivity (Wildman–Crippen MR) is 46.1 cm³/mol. The second-order valence-corrected chi connectivity index (χ2v) is 2.88. The zero-order chi connectivity index (χ0) is 8.85. The van der Waals surface area contributed by atoms with Gasteiger partial charge in [0.15, 0.2) is 5.78 Å². The molecule has 0 rings (SSSR count). The van der Waals surface area contributed by atoms with E-state index in [0.29, 0.717) is 5.92 Å². The highest BCUT2D eigenvalue weighted by molar-refractivity contribution is 5.82. The smallest absolute Gasteiger partial charge is 0.151 e. The number of hydrogen-bond donors (Lipinski definition) is 1. The van der Waals surface area contributed by atoms with Crippen LogP contribution >= 0.6 is 0 Å². The molecule has 0 radical (unpaired) electrons. The van der Waals surface area contributed by atoms with Crippen LogP contribution in [0.1, 0.15) is 20.8 Å². The van der Waals surface area contributed by atoms with E-state index >= 15 is 0 Å². The molecule has 0 aliphatic carbocycles. The fraction of sp³-hybridized carbons (Fsp3) is 0.556. The van der Waals surface area contributed by atoms with Crippen molar-refractivity contribution >= 4 is 5.78 Å². The second kappa shape index (κ2) is 4.89. The van der Waals surface area contributed by atoms with E-state index in [4.69, 9.17) is 5.73 Å². The van der Waals surface area contributed by atoms with Gasteiger partial charge in [0, 0.05) is 0 Å². The van der Waals surface area contributed by atoms with Crippen LogP contribution in [0.2, 0.25) is 0 Å². The lowest BCUT2D eigenvalue weighted by Crippen LogP contribution is -2.24. The SMILES string of the molecule is CC(=O)[C@H](N)C=C=CC(C)C. The minimum atomic E-state index is -0.495. The summed E-state index contributed by atoms with van der Waals surface area (Å²) in [6.45, 7) is 5.55. The Balaban J connectivity index is 4.02. The Bertz CT molecular complexity index is 188. The summed E-state index contributed by atoms with van der Waals surface area (Å²) in [5, 5.41) is 0. The van der Waals surface area contributed by atoms with Crippen LogP contribution in [0.15, 0.2) is 17.9 Å². The van der Waals surface area contributed by atoms with Gasteiger partial charge >= 0.3 is 0 Å². The molecule has 11 heavy (non-hydrogen) atoms. The Morgan fingerprint density at radius 2 is 2.00 bits per heavy atom. The molecule has 0 aromatic carbocycles. The standard InChI is InChI=1S/C9H15NO/c1-7(2)5-4-6-9(10)8(3)11/h5-7,9H,10H2,1-3H3/t4?,9-/m1/s1. The van der Waals surface area contributed by atoms with Crippen molar-refractivity contribution in [2.24, 2.45) is 11.7 Å². The van der Waals surface area contributed by atoms with Crippen molar-refractivity contribution in [1.82, 2.24) is 0 Å². The molecule has 0 spiro atoms. The van der Waals surface area contributed by atoms with E-state index in [2.05, 4.69) is 5.73 Å². The number of nitrogens with two attached hydrogens (primary N) is 1. The Labute approximate surface area is 67.8 Å². The first-order valence-corrected chi connectivity index (χ1v) is 3.72. The van der Waals surface area contributed by atoms with E-state index in [1.54, 1.807) is 6.08 Å². The predicted octanol–water partition coefficient (Wildman–Crippen LogP) is 1.27. The number of hydrogen-bond acceptors (Lipinski definition) is 2. The van der Waals surface area contributed by atoms with Gasteiger partial charge in [0.1, 0.15) is 0 Å². The molecule has 0 saturated carbocycles. The van der Waals surface area contributed by atoms with Gasteiger partial charge in [0.25, 0.3) is 0 Å². The average Bonchev–Trinajstić information content (AvgIpc) is 1.86. The second-order valence-electron chi connectivity index (χ2n) is 2.88. The van der Waals surface area contributed by atoms with Crippen LogP contribution in [0.3, 0.4) is 0 Å². The van der Waals surface area contributed by atoms with Crippen LogP contribution in [0.25, 0.3) is 0 Å². The number of carbonyl (C=O) groups is 1. The molecule has 0 heterocycles. The molecular formula is C9H15NO. The van der Waals surface area contributed by atoms with Gasteiger partial charge < -0.3 is 5.73 Å². The maximum atomic E-state index is 10.6. The highest BCUT2D eigenvalue weighted by atomic mass is 16.1. The van der Waals surface area contributed by atoms with Crippen LogP contribution in [0.4, 0.5) is 0 Å². The van der Waals surface area contributed by atoms with E-state index < -0.39 is 6.04 Å². The first kappa shape index (κ1) is 10.2. The lowest BCUT2D eigenvalue weighted by molar-refractivity contribution is -0.117. The van der Waals surface area contributed by atoms with Gasteiger partial charge in [-0.3, -0.25) is 4.79 Å². The number of ketones is 1. The summed E-state index contributed by atoms with van der Waals surface area (Å²) in [6, 6.07) is -0.495. The summed E-state index contributed by atoms with van der Waals surface area (Å²) in [5.74, 6) is 0.417. The fourth-order valence-electron chi connectivity index (χ4n) is 0.469. The highest BCUT2D eigenvalue weighted by Gasteiger charge is 2.00. The summed E-state index contributed by atoms with van der Waals surface area (Å²) in [5.41, 5.74) is 8.29. The van der Waals surface area contributed by atoms with Gasteiger partial charge in [-0.1, -0.05) is 13.8 Å². The van der Waals surface area contributed by atoms with E-state index in [9.17, 15) is 4.79 Å². The van der Waals surface area contributed by atoms with Crippen LogP contribution in [0, 0.1) is 5.92 Å². The van der Waals surface area contributed by atoms with Gasteiger partial charge in [0.05, 0.1) is 6.04 Å². The fourth-order valence-corrected chi connectivity index (χ4v) is 0.469. The van der Waals surface area contributed by atoms with E-state index in [1.165, 1.54) is 6.92 Å². The van der Waals surface area contributed by atoms with Crippen molar-refractivity contribution in [3.63, 3.8) is 0 Å². The summed E-state index contributed by atoms with van der Waals surface area (Å²) in [7, 11) is 0. The van der Waals surface area contributed by atoms with Crippen molar-refractivity contribution in [3.05, 3.63) is 17.9 Å². The average molecular weight is 153 g/mol. The zero-order valence-corrected chi connectivity index (χ0v) is 7.29. The first-order chi connectivity index (χ1) is 5.04. The van der Waals surface area contributed by atoms with Gasteiger partial charge in [-0.25, -0.2) is 0 Å².